The summed E-state index contributed by atoms with van der Waals surface area (Å²) in [6.45, 7) is 1.77. The van der Waals surface area contributed by atoms with E-state index in [1.807, 2.05) is 19.1 Å². The number of nitrogens with zero attached hydrogens (tertiary/aromatic N) is 1. The molecule has 24 heavy (non-hydrogen) atoms. The molecular formula is C16H14N2O4S2. The van der Waals surface area contributed by atoms with E-state index in [1.165, 1.54) is 15.9 Å². The summed E-state index contributed by atoms with van der Waals surface area (Å²) in [6.07, 6.45) is 0.690. The second-order valence-electron chi connectivity index (χ2n) is 5.08. The molecule has 0 radical (unpaired) electrons. The Morgan fingerprint density at radius 3 is 2.71 bits per heavy atom. The van der Waals surface area contributed by atoms with Gasteiger partial charge < -0.3 is 10.4 Å². The third-order valence-electron chi connectivity index (χ3n) is 3.49. The molecule has 124 valence electrons. The van der Waals surface area contributed by atoms with Crippen LogP contribution in [0, 0.1) is 0 Å². The Morgan fingerprint density at radius 2 is 2.00 bits per heavy atom. The van der Waals surface area contributed by atoms with Crippen molar-refractivity contribution in [3.8, 4) is 0 Å². The van der Waals surface area contributed by atoms with Crippen LogP contribution in [-0.2, 0) is 17.8 Å². The predicted molar refractivity (Wildman–Crippen MR) is 95.4 cm³/mol. The first-order valence-electron chi connectivity index (χ1n) is 7.23. The number of fused-ring (bicyclic) bond motifs is 1. The van der Waals surface area contributed by atoms with Gasteiger partial charge in [-0.05, 0) is 24.6 Å². The number of amides is 1. The van der Waals surface area contributed by atoms with Crippen molar-refractivity contribution in [2.45, 2.75) is 19.9 Å². The van der Waals surface area contributed by atoms with E-state index in [0.29, 0.717) is 16.9 Å². The van der Waals surface area contributed by atoms with Crippen LogP contribution >= 0.6 is 22.7 Å². The Kier molecular flexibility index (Phi) is 4.50. The lowest BCUT2D eigenvalue weighted by molar-refractivity contribution is -0.116. The molecule has 3 rings (SSSR count). The number of thiophene rings is 1. The summed E-state index contributed by atoms with van der Waals surface area (Å²) >= 11 is 2.32. The second kappa shape index (κ2) is 6.58. The average molecular weight is 362 g/mol. The van der Waals surface area contributed by atoms with Gasteiger partial charge >= 0.3 is 10.8 Å². The minimum Gasteiger partial charge on any atom is -0.478 e. The zero-order valence-electron chi connectivity index (χ0n) is 12.7. The van der Waals surface area contributed by atoms with Crippen molar-refractivity contribution in [2.75, 3.05) is 5.32 Å². The quantitative estimate of drug-likeness (QED) is 0.730. The molecule has 0 aliphatic rings. The van der Waals surface area contributed by atoms with Gasteiger partial charge in [-0.1, -0.05) is 30.4 Å². The van der Waals surface area contributed by atoms with E-state index < -0.39 is 11.9 Å². The van der Waals surface area contributed by atoms with Gasteiger partial charge in [0.25, 0.3) is 0 Å². The molecule has 0 bridgehead atoms. The van der Waals surface area contributed by atoms with Gasteiger partial charge in [-0.2, -0.15) is 0 Å². The Balaban J connectivity index is 1.86. The molecule has 0 aliphatic heterocycles. The second-order valence-corrected chi connectivity index (χ2v) is 7.21. The molecule has 1 aromatic carbocycles. The smallest absolute Gasteiger partial charge is 0.338 e. The maximum atomic E-state index is 12.3. The highest BCUT2D eigenvalue weighted by Gasteiger charge is 2.18. The Bertz CT molecular complexity index is 984. The van der Waals surface area contributed by atoms with E-state index in [9.17, 15) is 19.5 Å². The molecule has 0 fully saturated rings. The number of anilines is 1. The molecule has 0 unspecified atom stereocenters. The first-order chi connectivity index (χ1) is 11.5. The molecule has 2 heterocycles. The zero-order chi connectivity index (χ0) is 17.3. The van der Waals surface area contributed by atoms with E-state index in [0.717, 1.165) is 20.9 Å². The number of aryl methyl sites for hydroxylation is 1. The third-order valence-corrected chi connectivity index (χ3v) is 5.65. The topological polar surface area (TPSA) is 88.4 Å². The standard InChI is InChI=1S/C16H14N2O4S2/c1-2-9-7-10(15(20)21)14(23-9)17-13(19)8-18-11-5-3-4-6-12(11)24-16(18)22/h3-7H,2,8H2,1H3,(H,17,19)(H,20,21). The lowest BCUT2D eigenvalue weighted by Crippen LogP contribution is -2.24. The number of carbonyl (C=O) groups is 2. The Hall–Kier alpha value is -2.45. The number of benzene rings is 1. The molecule has 8 heteroatoms. The van der Waals surface area contributed by atoms with Crippen LogP contribution in [0.3, 0.4) is 0 Å². The van der Waals surface area contributed by atoms with Crippen LogP contribution in [0.2, 0.25) is 0 Å². The molecule has 0 saturated heterocycles. The van der Waals surface area contributed by atoms with Crippen LogP contribution in [-0.4, -0.2) is 21.6 Å². The summed E-state index contributed by atoms with van der Waals surface area (Å²) in [5.74, 6) is -1.51. The first kappa shape index (κ1) is 16.4. The van der Waals surface area contributed by atoms with E-state index in [1.54, 1.807) is 18.2 Å². The number of carboxylic acids is 1. The number of hydrogen-bond donors (Lipinski definition) is 2. The van der Waals surface area contributed by atoms with Crippen molar-refractivity contribution in [1.82, 2.24) is 4.57 Å². The van der Waals surface area contributed by atoms with Crippen molar-refractivity contribution in [1.29, 1.82) is 0 Å². The summed E-state index contributed by atoms with van der Waals surface area (Å²) in [4.78, 5) is 36.3. The van der Waals surface area contributed by atoms with Crippen molar-refractivity contribution < 1.29 is 14.7 Å². The number of aromatic nitrogens is 1. The molecule has 0 spiro atoms. The minimum atomic E-state index is -1.08. The number of hydrogen-bond acceptors (Lipinski definition) is 5. The third kappa shape index (κ3) is 3.10. The van der Waals surface area contributed by atoms with Gasteiger partial charge in [-0.3, -0.25) is 14.2 Å². The molecule has 0 atom stereocenters. The van der Waals surface area contributed by atoms with Gasteiger partial charge in [-0.15, -0.1) is 11.3 Å². The summed E-state index contributed by atoms with van der Waals surface area (Å²) < 4.78 is 2.20. The van der Waals surface area contributed by atoms with Crippen LogP contribution in [0.15, 0.2) is 35.1 Å². The van der Waals surface area contributed by atoms with E-state index in [4.69, 9.17) is 0 Å². The van der Waals surface area contributed by atoms with Crippen molar-refractivity contribution >= 4 is 49.8 Å². The van der Waals surface area contributed by atoms with Gasteiger partial charge in [-0.25, -0.2) is 4.79 Å². The van der Waals surface area contributed by atoms with E-state index in [2.05, 4.69) is 5.32 Å². The molecule has 2 N–H and O–H groups in total. The molecule has 1 amide bonds. The summed E-state index contributed by atoms with van der Waals surface area (Å²) in [5.41, 5.74) is 0.772. The number of carboxylic acid groups (broad SMARTS) is 1. The monoisotopic (exact) mass is 362 g/mol. The van der Waals surface area contributed by atoms with Gasteiger partial charge in [0.05, 0.1) is 15.8 Å². The van der Waals surface area contributed by atoms with Gasteiger partial charge in [0.2, 0.25) is 5.91 Å². The van der Waals surface area contributed by atoms with Crippen LogP contribution < -0.4 is 10.2 Å². The number of para-hydroxylation sites is 1. The highest BCUT2D eigenvalue weighted by Crippen LogP contribution is 2.28. The fourth-order valence-electron chi connectivity index (χ4n) is 2.34. The van der Waals surface area contributed by atoms with Crippen molar-refractivity contribution in [3.63, 3.8) is 0 Å². The predicted octanol–water partition coefficient (Wildman–Crippen LogP) is 3.02. The molecule has 3 aromatic rings. The minimum absolute atomic E-state index is 0.0766. The average Bonchev–Trinajstić information content (AvgIpc) is 3.09. The van der Waals surface area contributed by atoms with Gasteiger partial charge in [0.15, 0.2) is 0 Å². The first-order valence-corrected chi connectivity index (χ1v) is 8.87. The summed E-state index contributed by atoms with van der Waals surface area (Å²) in [6, 6.07) is 8.81. The maximum absolute atomic E-state index is 12.3. The maximum Gasteiger partial charge on any atom is 0.338 e. The number of thiazole rings is 1. The van der Waals surface area contributed by atoms with Gasteiger partial charge in [0.1, 0.15) is 11.5 Å². The van der Waals surface area contributed by atoms with Crippen LogP contribution in [0.1, 0.15) is 22.2 Å². The number of aromatic carboxylic acids is 1. The Labute approximate surface area is 145 Å². The Morgan fingerprint density at radius 1 is 1.25 bits per heavy atom. The van der Waals surface area contributed by atoms with Crippen LogP contribution in [0.25, 0.3) is 10.2 Å². The fourth-order valence-corrected chi connectivity index (χ4v) is 4.24. The highest BCUT2D eigenvalue weighted by atomic mass is 32.1. The van der Waals surface area contributed by atoms with E-state index >= 15 is 0 Å². The lowest BCUT2D eigenvalue weighted by Gasteiger charge is -2.05. The molecular weight excluding hydrogens is 348 g/mol. The van der Waals surface area contributed by atoms with E-state index in [-0.39, 0.29) is 17.0 Å². The SMILES string of the molecule is CCc1cc(C(=O)O)c(NC(=O)Cn2c(=O)sc3ccccc32)s1. The molecule has 2 aromatic heterocycles. The number of nitrogens with one attached hydrogen (secondary N) is 1. The normalized spacial score (nSPS) is 10.9. The van der Waals surface area contributed by atoms with Crippen molar-refractivity contribution in [2.24, 2.45) is 0 Å². The highest BCUT2D eigenvalue weighted by molar-refractivity contribution is 7.17. The molecule has 0 saturated carbocycles. The summed E-state index contributed by atoms with van der Waals surface area (Å²) in [5, 5.41) is 12.2. The fraction of sp³-hybridized carbons (Fsp3) is 0.188. The lowest BCUT2D eigenvalue weighted by atomic mass is 10.2. The van der Waals surface area contributed by atoms with Crippen LogP contribution in [0.4, 0.5) is 5.00 Å². The van der Waals surface area contributed by atoms with Gasteiger partial charge in [0, 0.05) is 4.88 Å². The largest absolute Gasteiger partial charge is 0.478 e. The molecule has 0 aliphatic carbocycles. The zero-order valence-corrected chi connectivity index (χ0v) is 14.4. The molecule has 6 nitrogen and oxygen atoms in total. The number of carbonyl (C=O) groups excluding carboxylic acids is 1. The summed E-state index contributed by atoms with van der Waals surface area (Å²) in [7, 11) is 0. The van der Waals surface area contributed by atoms with Crippen LogP contribution in [0.5, 0.6) is 0 Å². The number of rotatable bonds is 5. The van der Waals surface area contributed by atoms with Crippen molar-refractivity contribution in [3.05, 3.63) is 50.4 Å².